The molecule has 33 heavy (non-hydrogen) atoms. The highest BCUT2D eigenvalue weighted by Crippen LogP contribution is 2.44. The molecular formula is C25H30N4O4. The number of hydrogen-bond acceptors (Lipinski definition) is 5. The van der Waals surface area contributed by atoms with Crippen molar-refractivity contribution in [3.8, 4) is 5.75 Å². The SMILES string of the molecule is COc1cc(NC(=O)C2CC3(CN2)C(=O)Nc2ccc(CC(C)(C)C)cc23)ccc1C(N)=O. The van der Waals surface area contributed by atoms with Gasteiger partial charge in [0.2, 0.25) is 11.8 Å². The summed E-state index contributed by atoms with van der Waals surface area (Å²) in [5.41, 5.74) is 8.34. The number of fused-ring (bicyclic) bond motifs is 2. The Morgan fingerprint density at radius 2 is 1.97 bits per heavy atom. The molecule has 2 aromatic carbocycles. The van der Waals surface area contributed by atoms with E-state index in [4.69, 9.17) is 10.5 Å². The molecule has 2 aliphatic heterocycles. The summed E-state index contributed by atoms with van der Waals surface area (Å²) >= 11 is 0. The van der Waals surface area contributed by atoms with Crippen LogP contribution >= 0.6 is 0 Å². The highest BCUT2D eigenvalue weighted by atomic mass is 16.5. The first-order valence-corrected chi connectivity index (χ1v) is 11.0. The van der Waals surface area contributed by atoms with E-state index in [1.807, 2.05) is 6.07 Å². The lowest BCUT2D eigenvalue weighted by molar-refractivity contribution is -0.120. The minimum absolute atomic E-state index is 0.0827. The summed E-state index contributed by atoms with van der Waals surface area (Å²) in [5.74, 6) is -0.666. The quantitative estimate of drug-likeness (QED) is 0.558. The molecule has 2 heterocycles. The summed E-state index contributed by atoms with van der Waals surface area (Å²) < 4.78 is 5.21. The zero-order valence-corrected chi connectivity index (χ0v) is 19.4. The van der Waals surface area contributed by atoms with E-state index < -0.39 is 17.4 Å². The van der Waals surface area contributed by atoms with E-state index in [0.717, 1.165) is 17.7 Å². The van der Waals surface area contributed by atoms with E-state index >= 15 is 0 Å². The fraction of sp³-hybridized carbons (Fsp3) is 0.400. The molecule has 174 valence electrons. The molecule has 2 aromatic rings. The van der Waals surface area contributed by atoms with Gasteiger partial charge >= 0.3 is 0 Å². The van der Waals surface area contributed by atoms with Crippen LogP contribution in [-0.4, -0.2) is 37.4 Å². The molecule has 0 aromatic heterocycles. The molecular weight excluding hydrogens is 420 g/mol. The van der Waals surface area contributed by atoms with Crippen LogP contribution in [-0.2, 0) is 21.4 Å². The Morgan fingerprint density at radius 3 is 2.64 bits per heavy atom. The van der Waals surface area contributed by atoms with Crippen molar-refractivity contribution >= 4 is 29.1 Å². The van der Waals surface area contributed by atoms with Gasteiger partial charge in [-0.05, 0) is 47.6 Å². The minimum Gasteiger partial charge on any atom is -0.496 e. The maximum atomic E-state index is 13.0. The van der Waals surface area contributed by atoms with Crippen LogP contribution < -0.4 is 26.4 Å². The van der Waals surface area contributed by atoms with Gasteiger partial charge < -0.3 is 26.4 Å². The lowest BCUT2D eigenvalue weighted by Crippen LogP contribution is -2.36. The summed E-state index contributed by atoms with van der Waals surface area (Å²) in [6, 6.07) is 10.2. The van der Waals surface area contributed by atoms with Crippen LogP contribution in [0, 0.1) is 5.41 Å². The summed E-state index contributed by atoms with van der Waals surface area (Å²) in [6.07, 6.45) is 1.25. The smallest absolute Gasteiger partial charge is 0.252 e. The van der Waals surface area contributed by atoms with Crippen LogP contribution in [0.5, 0.6) is 5.75 Å². The number of hydrogen-bond donors (Lipinski definition) is 4. The van der Waals surface area contributed by atoms with Crippen molar-refractivity contribution in [2.45, 2.75) is 45.1 Å². The second-order valence-electron chi connectivity index (χ2n) is 10.1. The van der Waals surface area contributed by atoms with Crippen LogP contribution in [0.3, 0.4) is 0 Å². The van der Waals surface area contributed by atoms with Crippen LogP contribution in [0.15, 0.2) is 36.4 Å². The van der Waals surface area contributed by atoms with Gasteiger partial charge in [-0.15, -0.1) is 0 Å². The van der Waals surface area contributed by atoms with Gasteiger partial charge in [-0.3, -0.25) is 14.4 Å². The minimum atomic E-state index is -0.779. The molecule has 1 saturated heterocycles. The first kappa shape index (κ1) is 22.8. The highest BCUT2D eigenvalue weighted by molar-refractivity contribution is 6.08. The lowest BCUT2D eigenvalue weighted by Gasteiger charge is -2.23. The first-order valence-electron chi connectivity index (χ1n) is 11.0. The summed E-state index contributed by atoms with van der Waals surface area (Å²) in [5, 5.41) is 9.07. The van der Waals surface area contributed by atoms with Crippen molar-refractivity contribution in [2.24, 2.45) is 11.1 Å². The van der Waals surface area contributed by atoms with Crippen LogP contribution in [0.1, 0.15) is 48.7 Å². The van der Waals surface area contributed by atoms with E-state index in [0.29, 0.717) is 18.7 Å². The summed E-state index contributed by atoms with van der Waals surface area (Å²) in [7, 11) is 1.43. The summed E-state index contributed by atoms with van der Waals surface area (Å²) in [6.45, 7) is 6.93. The molecule has 2 atom stereocenters. The van der Waals surface area contributed by atoms with Crippen molar-refractivity contribution < 1.29 is 19.1 Å². The van der Waals surface area contributed by atoms with E-state index in [9.17, 15) is 14.4 Å². The topological polar surface area (TPSA) is 123 Å². The monoisotopic (exact) mass is 450 g/mol. The number of carbonyl (C=O) groups is 3. The number of nitrogens with two attached hydrogens (primary N) is 1. The Hall–Kier alpha value is -3.39. The molecule has 0 aliphatic carbocycles. The molecule has 0 radical (unpaired) electrons. The third-order valence-corrected chi connectivity index (χ3v) is 6.27. The Balaban J connectivity index is 1.54. The van der Waals surface area contributed by atoms with E-state index in [1.165, 1.54) is 18.7 Å². The molecule has 0 bridgehead atoms. The molecule has 1 spiro atoms. The number of primary amides is 1. The molecule has 0 saturated carbocycles. The Bertz CT molecular complexity index is 1140. The van der Waals surface area contributed by atoms with Crippen molar-refractivity contribution in [3.63, 3.8) is 0 Å². The van der Waals surface area contributed by atoms with Gasteiger partial charge in [0.1, 0.15) is 5.75 Å². The Kier molecular flexibility index (Phi) is 5.66. The first-order chi connectivity index (χ1) is 15.5. The average Bonchev–Trinajstić information content (AvgIpc) is 3.30. The number of methoxy groups -OCH3 is 1. The molecule has 1 fully saturated rings. The largest absolute Gasteiger partial charge is 0.496 e. The van der Waals surface area contributed by atoms with Gasteiger partial charge in [0.05, 0.1) is 24.1 Å². The number of benzene rings is 2. The fourth-order valence-corrected chi connectivity index (χ4v) is 4.74. The normalized spacial score (nSPS) is 21.6. The molecule has 3 amide bonds. The maximum absolute atomic E-state index is 13.0. The van der Waals surface area contributed by atoms with Gasteiger partial charge in [-0.25, -0.2) is 0 Å². The van der Waals surface area contributed by atoms with Crippen molar-refractivity contribution in [2.75, 3.05) is 24.3 Å². The van der Waals surface area contributed by atoms with Gasteiger partial charge in [-0.2, -0.15) is 0 Å². The molecule has 8 nitrogen and oxygen atoms in total. The van der Waals surface area contributed by atoms with Crippen LogP contribution in [0.25, 0.3) is 0 Å². The predicted octanol–water partition coefficient (Wildman–Crippen LogP) is 2.57. The van der Waals surface area contributed by atoms with Gasteiger partial charge in [0.15, 0.2) is 0 Å². The number of amides is 3. The molecule has 2 unspecified atom stereocenters. The van der Waals surface area contributed by atoms with Gasteiger partial charge in [0, 0.05) is 24.0 Å². The van der Waals surface area contributed by atoms with Crippen molar-refractivity contribution in [1.29, 1.82) is 0 Å². The number of ether oxygens (including phenoxy) is 1. The zero-order valence-electron chi connectivity index (χ0n) is 19.4. The van der Waals surface area contributed by atoms with E-state index in [-0.39, 0.29) is 28.5 Å². The Morgan fingerprint density at radius 1 is 1.21 bits per heavy atom. The summed E-state index contributed by atoms with van der Waals surface area (Å²) in [4.78, 5) is 37.5. The molecule has 8 heteroatoms. The van der Waals surface area contributed by atoms with Crippen LogP contribution in [0.2, 0.25) is 0 Å². The van der Waals surface area contributed by atoms with Gasteiger partial charge in [0.25, 0.3) is 5.91 Å². The number of anilines is 2. The fourth-order valence-electron chi connectivity index (χ4n) is 4.74. The Labute approximate surface area is 193 Å². The lowest BCUT2D eigenvalue weighted by atomic mass is 9.78. The standard InChI is InChI=1S/C25H30N4O4/c1-24(2,3)11-14-5-8-18-17(9-14)25(23(32)29-18)12-19(27-13-25)22(31)28-15-6-7-16(21(26)30)20(10-15)33-4/h5-10,19,27H,11-13H2,1-4H3,(H2,26,30)(H,28,31)(H,29,32). The molecule has 2 aliphatic rings. The number of carbonyl (C=O) groups excluding carboxylic acids is 3. The maximum Gasteiger partial charge on any atom is 0.252 e. The number of rotatable bonds is 5. The molecule has 4 rings (SSSR count). The third-order valence-electron chi connectivity index (χ3n) is 6.27. The predicted molar refractivity (Wildman–Crippen MR) is 126 cm³/mol. The van der Waals surface area contributed by atoms with Crippen molar-refractivity contribution in [1.82, 2.24) is 5.32 Å². The second-order valence-corrected chi connectivity index (χ2v) is 10.1. The zero-order chi connectivity index (χ0) is 24.0. The second kappa shape index (κ2) is 8.19. The average molecular weight is 451 g/mol. The van der Waals surface area contributed by atoms with Crippen molar-refractivity contribution in [3.05, 3.63) is 53.1 Å². The third kappa shape index (κ3) is 4.30. The van der Waals surface area contributed by atoms with E-state index in [1.54, 1.807) is 12.1 Å². The van der Waals surface area contributed by atoms with Crippen LogP contribution in [0.4, 0.5) is 11.4 Å². The molecule has 5 N–H and O–H groups in total. The van der Waals surface area contributed by atoms with Gasteiger partial charge in [-0.1, -0.05) is 32.9 Å². The highest BCUT2D eigenvalue weighted by Gasteiger charge is 2.53. The van der Waals surface area contributed by atoms with E-state index in [2.05, 4.69) is 48.9 Å². The number of nitrogens with one attached hydrogen (secondary N) is 3.